The number of nitrogens with zero attached hydrogens (tertiary/aromatic N) is 4. The van der Waals surface area contributed by atoms with Crippen LogP contribution in [0.3, 0.4) is 0 Å². The number of thioether (sulfide) groups is 1. The van der Waals surface area contributed by atoms with Gasteiger partial charge in [0.05, 0.1) is 12.0 Å². The fraction of sp³-hybridized carbons (Fsp3) is 0.188. The Balaban J connectivity index is 1.58. The molecule has 0 spiro atoms. The van der Waals surface area contributed by atoms with Gasteiger partial charge >= 0.3 is 0 Å². The van der Waals surface area contributed by atoms with Crippen molar-refractivity contribution in [3.8, 4) is 11.6 Å². The summed E-state index contributed by atoms with van der Waals surface area (Å²) in [5, 5.41) is 8.36. The number of hydrogen-bond donors (Lipinski definition) is 1. The molecule has 7 nitrogen and oxygen atoms in total. The highest BCUT2D eigenvalue weighted by atomic mass is 32.2. The SMILES string of the molecule is CN(Cc1ccc(F)cc1)C(=O)CSc1nnc(-c2ccco2)n1N. The van der Waals surface area contributed by atoms with E-state index in [0.29, 0.717) is 23.3 Å². The van der Waals surface area contributed by atoms with E-state index in [2.05, 4.69) is 10.2 Å². The van der Waals surface area contributed by atoms with Crippen molar-refractivity contribution in [1.82, 2.24) is 19.8 Å². The van der Waals surface area contributed by atoms with E-state index in [0.717, 1.165) is 5.56 Å². The van der Waals surface area contributed by atoms with E-state index < -0.39 is 0 Å². The van der Waals surface area contributed by atoms with Crippen molar-refractivity contribution < 1.29 is 13.6 Å². The summed E-state index contributed by atoms with van der Waals surface area (Å²) in [5.74, 6) is 6.59. The van der Waals surface area contributed by atoms with Crippen LogP contribution in [0.5, 0.6) is 0 Å². The maximum atomic E-state index is 12.9. The number of hydrogen-bond acceptors (Lipinski definition) is 6. The van der Waals surface area contributed by atoms with Crippen LogP contribution in [0.15, 0.2) is 52.2 Å². The molecule has 130 valence electrons. The first-order chi connectivity index (χ1) is 12.0. The standard InChI is InChI=1S/C16H16FN5O2S/c1-21(9-11-4-6-12(17)7-5-11)14(23)10-25-16-20-19-15(22(16)18)13-3-2-8-24-13/h2-8H,9-10,18H2,1H3. The van der Waals surface area contributed by atoms with Crippen LogP contribution in [-0.2, 0) is 11.3 Å². The first-order valence-corrected chi connectivity index (χ1v) is 8.38. The number of rotatable bonds is 6. The predicted octanol–water partition coefficient (Wildman–Crippen LogP) is 2.14. The van der Waals surface area contributed by atoms with Crippen molar-refractivity contribution in [1.29, 1.82) is 0 Å². The van der Waals surface area contributed by atoms with Crippen LogP contribution < -0.4 is 5.84 Å². The summed E-state index contributed by atoms with van der Waals surface area (Å²) in [6.07, 6.45) is 1.52. The lowest BCUT2D eigenvalue weighted by atomic mass is 10.2. The van der Waals surface area contributed by atoms with Crippen LogP contribution in [0.2, 0.25) is 0 Å². The zero-order valence-corrected chi connectivity index (χ0v) is 14.2. The van der Waals surface area contributed by atoms with Gasteiger partial charge in [-0.3, -0.25) is 4.79 Å². The van der Waals surface area contributed by atoms with Crippen LogP contribution in [0.25, 0.3) is 11.6 Å². The third kappa shape index (κ3) is 4.00. The fourth-order valence-electron chi connectivity index (χ4n) is 2.14. The molecule has 0 unspecified atom stereocenters. The normalized spacial score (nSPS) is 10.8. The van der Waals surface area contributed by atoms with Crippen molar-refractivity contribution in [3.05, 3.63) is 54.0 Å². The number of nitrogen functional groups attached to an aromatic ring is 1. The van der Waals surface area contributed by atoms with Crippen LogP contribution in [0.1, 0.15) is 5.56 Å². The highest BCUT2D eigenvalue weighted by molar-refractivity contribution is 7.99. The second kappa shape index (κ2) is 7.39. The number of halogens is 1. The lowest BCUT2D eigenvalue weighted by molar-refractivity contribution is -0.127. The molecule has 2 N–H and O–H groups in total. The molecule has 1 amide bonds. The zero-order valence-electron chi connectivity index (χ0n) is 13.4. The minimum atomic E-state index is -0.303. The number of nitrogens with two attached hydrogens (primary N) is 1. The van der Waals surface area contributed by atoms with Gasteiger partial charge in [0.25, 0.3) is 0 Å². The Morgan fingerprint density at radius 1 is 1.32 bits per heavy atom. The molecule has 3 rings (SSSR count). The Morgan fingerprint density at radius 2 is 2.08 bits per heavy atom. The van der Waals surface area contributed by atoms with Gasteiger partial charge in [0.15, 0.2) is 5.76 Å². The molecule has 2 aromatic heterocycles. The van der Waals surface area contributed by atoms with E-state index in [-0.39, 0.29) is 17.5 Å². The summed E-state index contributed by atoms with van der Waals surface area (Å²) in [6.45, 7) is 0.395. The molecule has 0 aliphatic heterocycles. The highest BCUT2D eigenvalue weighted by Gasteiger charge is 2.17. The molecule has 2 heterocycles. The van der Waals surface area contributed by atoms with Crippen molar-refractivity contribution in [2.75, 3.05) is 18.6 Å². The Hall–Kier alpha value is -2.81. The Morgan fingerprint density at radius 3 is 2.76 bits per heavy atom. The molecule has 0 aliphatic carbocycles. The molecule has 0 saturated carbocycles. The molecule has 0 atom stereocenters. The van der Waals surface area contributed by atoms with Crippen molar-refractivity contribution in [3.63, 3.8) is 0 Å². The molecule has 0 bridgehead atoms. The van der Waals surface area contributed by atoms with Crippen molar-refractivity contribution in [2.45, 2.75) is 11.7 Å². The number of amides is 1. The molecule has 0 aliphatic rings. The summed E-state index contributed by atoms with van der Waals surface area (Å²) in [7, 11) is 1.69. The van der Waals surface area contributed by atoms with E-state index in [1.165, 1.54) is 34.8 Å². The smallest absolute Gasteiger partial charge is 0.233 e. The number of carbonyl (C=O) groups is 1. The lowest BCUT2D eigenvalue weighted by Gasteiger charge is -2.16. The van der Waals surface area contributed by atoms with Gasteiger partial charge in [-0.15, -0.1) is 10.2 Å². The van der Waals surface area contributed by atoms with Crippen LogP contribution in [0, 0.1) is 5.82 Å². The first kappa shape index (κ1) is 17.0. The second-order valence-electron chi connectivity index (χ2n) is 5.32. The van der Waals surface area contributed by atoms with Gasteiger partial charge in [0.2, 0.25) is 16.9 Å². The molecular weight excluding hydrogens is 345 g/mol. The maximum absolute atomic E-state index is 12.9. The molecule has 0 radical (unpaired) electrons. The van der Waals surface area contributed by atoms with E-state index in [4.69, 9.17) is 10.3 Å². The fourth-order valence-corrected chi connectivity index (χ4v) is 2.93. The maximum Gasteiger partial charge on any atom is 0.233 e. The first-order valence-electron chi connectivity index (χ1n) is 7.40. The van der Waals surface area contributed by atoms with E-state index >= 15 is 0 Å². The van der Waals surface area contributed by atoms with Gasteiger partial charge < -0.3 is 15.2 Å². The van der Waals surface area contributed by atoms with Gasteiger partial charge in [0.1, 0.15) is 5.82 Å². The van der Waals surface area contributed by atoms with Gasteiger partial charge in [-0.2, -0.15) is 0 Å². The van der Waals surface area contributed by atoms with E-state index in [9.17, 15) is 9.18 Å². The van der Waals surface area contributed by atoms with Crippen molar-refractivity contribution >= 4 is 17.7 Å². The molecule has 0 fully saturated rings. The molecular formula is C16H16FN5O2S. The number of carbonyl (C=O) groups excluding carboxylic acids is 1. The molecule has 25 heavy (non-hydrogen) atoms. The summed E-state index contributed by atoms with van der Waals surface area (Å²) >= 11 is 1.19. The lowest BCUT2D eigenvalue weighted by Crippen LogP contribution is -2.28. The average molecular weight is 361 g/mol. The summed E-state index contributed by atoms with van der Waals surface area (Å²) in [5.41, 5.74) is 0.851. The van der Waals surface area contributed by atoms with Gasteiger partial charge in [-0.25, -0.2) is 9.07 Å². The molecule has 1 aromatic carbocycles. The molecule has 9 heteroatoms. The summed E-state index contributed by atoms with van der Waals surface area (Å²) in [6, 6.07) is 9.50. The average Bonchev–Trinajstić information content (AvgIpc) is 3.24. The predicted molar refractivity (Wildman–Crippen MR) is 91.5 cm³/mol. The Labute approximate surface area is 147 Å². The number of benzene rings is 1. The minimum Gasteiger partial charge on any atom is -0.461 e. The largest absolute Gasteiger partial charge is 0.461 e. The topological polar surface area (TPSA) is 90.2 Å². The third-order valence-corrected chi connectivity index (χ3v) is 4.42. The zero-order chi connectivity index (χ0) is 17.8. The summed E-state index contributed by atoms with van der Waals surface area (Å²) in [4.78, 5) is 13.8. The quantitative estimate of drug-likeness (QED) is 0.534. The van der Waals surface area contributed by atoms with E-state index in [1.54, 1.807) is 36.2 Å². The van der Waals surface area contributed by atoms with E-state index in [1.807, 2.05) is 0 Å². The van der Waals surface area contributed by atoms with Crippen LogP contribution in [-0.4, -0.2) is 38.5 Å². The Kier molecular flexibility index (Phi) is 5.03. The number of furan rings is 1. The second-order valence-corrected chi connectivity index (χ2v) is 6.26. The van der Waals surface area contributed by atoms with Gasteiger partial charge in [-0.05, 0) is 29.8 Å². The monoisotopic (exact) mass is 361 g/mol. The Bertz CT molecular complexity index is 848. The molecule has 0 saturated heterocycles. The highest BCUT2D eigenvalue weighted by Crippen LogP contribution is 2.22. The minimum absolute atomic E-state index is 0.100. The molecule has 3 aromatic rings. The third-order valence-electron chi connectivity index (χ3n) is 3.49. The van der Waals surface area contributed by atoms with Crippen molar-refractivity contribution in [2.24, 2.45) is 0 Å². The van der Waals surface area contributed by atoms with Crippen LogP contribution >= 0.6 is 11.8 Å². The van der Waals surface area contributed by atoms with Gasteiger partial charge in [0, 0.05) is 13.6 Å². The van der Waals surface area contributed by atoms with Crippen LogP contribution in [0.4, 0.5) is 4.39 Å². The summed E-state index contributed by atoms with van der Waals surface area (Å²) < 4.78 is 19.4. The number of aromatic nitrogens is 3. The van der Waals surface area contributed by atoms with Gasteiger partial charge in [-0.1, -0.05) is 23.9 Å².